The molecule has 1 fully saturated rings. The molecule has 0 bridgehead atoms. The molecule has 1 unspecified atom stereocenters. The summed E-state index contributed by atoms with van der Waals surface area (Å²) < 4.78 is 0.736. The van der Waals surface area contributed by atoms with Crippen LogP contribution in [0.15, 0.2) is 22.7 Å². The molecule has 3 rings (SSSR count). The molecule has 0 radical (unpaired) electrons. The normalized spacial score (nSPS) is 19.0. The van der Waals surface area contributed by atoms with Crippen molar-refractivity contribution in [3.05, 3.63) is 33.8 Å². The SMILES string of the molecule is CCCN(C(=O)CN1C(=O)c2ccc(Br)cc2C1=O)C1CCNC1.Cl. The molecule has 0 aromatic heterocycles. The Kier molecular flexibility index (Phi) is 6.59. The number of fused-ring (bicyclic) bond motifs is 1. The number of nitrogens with one attached hydrogen (secondary N) is 1. The summed E-state index contributed by atoms with van der Waals surface area (Å²) >= 11 is 3.31. The number of hydrogen-bond donors (Lipinski definition) is 1. The third kappa shape index (κ3) is 3.88. The second-order valence-corrected chi connectivity index (χ2v) is 7.04. The van der Waals surface area contributed by atoms with E-state index in [0.717, 1.165) is 35.3 Å². The van der Waals surface area contributed by atoms with Crippen molar-refractivity contribution in [1.82, 2.24) is 15.1 Å². The van der Waals surface area contributed by atoms with Crippen molar-refractivity contribution in [2.45, 2.75) is 25.8 Å². The fourth-order valence-corrected chi connectivity index (χ4v) is 3.65. The Morgan fingerprint density at radius 1 is 1.32 bits per heavy atom. The van der Waals surface area contributed by atoms with E-state index in [9.17, 15) is 14.4 Å². The van der Waals surface area contributed by atoms with Gasteiger partial charge in [0.05, 0.1) is 11.1 Å². The van der Waals surface area contributed by atoms with Gasteiger partial charge in [-0.2, -0.15) is 0 Å². The number of halogens is 2. The van der Waals surface area contributed by atoms with Gasteiger partial charge in [0.1, 0.15) is 6.54 Å². The Bertz CT molecular complexity index is 692. The minimum Gasteiger partial charge on any atom is -0.337 e. The largest absolute Gasteiger partial charge is 0.337 e. The highest BCUT2D eigenvalue weighted by atomic mass is 79.9. The van der Waals surface area contributed by atoms with Crippen molar-refractivity contribution in [2.75, 3.05) is 26.2 Å². The van der Waals surface area contributed by atoms with Crippen molar-refractivity contribution in [1.29, 1.82) is 0 Å². The number of carbonyl (C=O) groups excluding carboxylic acids is 3. The average Bonchev–Trinajstić information content (AvgIpc) is 3.16. The molecule has 8 heteroatoms. The molecule has 136 valence electrons. The molecule has 2 aliphatic rings. The first-order valence-corrected chi connectivity index (χ1v) is 8.98. The van der Waals surface area contributed by atoms with Gasteiger partial charge in [0.25, 0.3) is 11.8 Å². The van der Waals surface area contributed by atoms with E-state index in [-0.39, 0.29) is 30.9 Å². The molecule has 0 aliphatic carbocycles. The standard InChI is InChI=1S/C17H20BrN3O3.ClH/c1-2-7-20(12-5-6-19-9-12)15(22)10-21-16(23)13-4-3-11(18)8-14(13)17(21)24;/h3-4,8,12,19H,2,5-7,9-10H2,1H3;1H. The number of imide groups is 1. The molecular formula is C17H21BrClN3O3. The summed E-state index contributed by atoms with van der Waals surface area (Å²) in [5.74, 6) is -0.957. The summed E-state index contributed by atoms with van der Waals surface area (Å²) in [6.45, 7) is 4.11. The van der Waals surface area contributed by atoms with Crippen LogP contribution in [0.3, 0.4) is 0 Å². The lowest BCUT2D eigenvalue weighted by atomic mass is 10.1. The van der Waals surface area contributed by atoms with Crippen LogP contribution >= 0.6 is 28.3 Å². The first-order valence-electron chi connectivity index (χ1n) is 8.19. The summed E-state index contributed by atoms with van der Waals surface area (Å²) in [7, 11) is 0. The van der Waals surface area contributed by atoms with Gasteiger partial charge >= 0.3 is 0 Å². The Morgan fingerprint density at radius 3 is 2.68 bits per heavy atom. The van der Waals surface area contributed by atoms with Gasteiger partial charge in [-0.1, -0.05) is 22.9 Å². The van der Waals surface area contributed by atoms with Crippen LogP contribution in [0.1, 0.15) is 40.5 Å². The van der Waals surface area contributed by atoms with Crippen LogP contribution in [0.4, 0.5) is 0 Å². The predicted octanol–water partition coefficient (Wildman–Crippen LogP) is 2.07. The Morgan fingerprint density at radius 2 is 2.04 bits per heavy atom. The fourth-order valence-electron chi connectivity index (χ4n) is 3.29. The second kappa shape index (κ2) is 8.29. The highest BCUT2D eigenvalue weighted by molar-refractivity contribution is 9.10. The van der Waals surface area contributed by atoms with Gasteiger partial charge in [0.2, 0.25) is 5.91 Å². The zero-order chi connectivity index (χ0) is 17.3. The summed E-state index contributed by atoms with van der Waals surface area (Å²) in [6, 6.07) is 5.12. The van der Waals surface area contributed by atoms with Crippen LogP contribution in [0, 0.1) is 0 Å². The molecule has 0 spiro atoms. The average molecular weight is 431 g/mol. The topological polar surface area (TPSA) is 69.7 Å². The van der Waals surface area contributed by atoms with Crippen LogP contribution in [0.2, 0.25) is 0 Å². The maximum atomic E-state index is 12.7. The molecule has 0 saturated carbocycles. The molecule has 1 saturated heterocycles. The van der Waals surface area contributed by atoms with Gasteiger partial charge in [-0.25, -0.2) is 0 Å². The number of benzene rings is 1. The molecule has 1 aromatic rings. The van der Waals surface area contributed by atoms with Crippen molar-refractivity contribution >= 4 is 46.1 Å². The summed E-state index contributed by atoms with van der Waals surface area (Å²) in [6.07, 6.45) is 1.75. The maximum absolute atomic E-state index is 12.7. The van der Waals surface area contributed by atoms with E-state index < -0.39 is 11.8 Å². The number of nitrogens with zero attached hydrogens (tertiary/aromatic N) is 2. The number of hydrogen-bond acceptors (Lipinski definition) is 4. The lowest BCUT2D eigenvalue weighted by molar-refractivity contribution is -0.133. The van der Waals surface area contributed by atoms with Crippen molar-refractivity contribution < 1.29 is 14.4 Å². The molecule has 2 heterocycles. The molecule has 6 nitrogen and oxygen atoms in total. The lowest BCUT2D eigenvalue weighted by Gasteiger charge is -2.29. The summed E-state index contributed by atoms with van der Waals surface area (Å²) in [4.78, 5) is 40.6. The van der Waals surface area contributed by atoms with E-state index in [2.05, 4.69) is 21.2 Å². The van der Waals surface area contributed by atoms with Gasteiger partial charge in [-0.15, -0.1) is 12.4 Å². The molecular weight excluding hydrogens is 410 g/mol. The van der Waals surface area contributed by atoms with Crippen LogP contribution in [-0.4, -0.2) is 59.7 Å². The van der Waals surface area contributed by atoms with E-state index in [4.69, 9.17) is 0 Å². The minimum atomic E-state index is -0.398. The second-order valence-electron chi connectivity index (χ2n) is 6.12. The highest BCUT2D eigenvalue weighted by Gasteiger charge is 2.38. The number of amides is 3. The summed E-state index contributed by atoms with van der Waals surface area (Å²) in [5, 5.41) is 3.25. The Balaban J connectivity index is 0.00000225. The maximum Gasteiger partial charge on any atom is 0.262 e. The Hall–Kier alpha value is -1.44. The zero-order valence-electron chi connectivity index (χ0n) is 14.0. The molecule has 3 amide bonds. The van der Waals surface area contributed by atoms with Crippen LogP contribution < -0.4 is 5.32 Å². The quantitative estimate of drug-likeness (QED) is 0.726. The zero-order valence-corrected chi connectivity index (χ0v) is 16.4. The van der Waals surface area contributed by atoms with Crippen molar-refractivity contribution in [3.63, 3.8) is 0 Å². The number of carbonyl (C=O) groups is 3. The first kappa shape index (κ1) is 19.9. The fraction of sp³-hybridized carbons (Fsp3) is 0.471. The first-order chi connectivity index (χ1) is 11.5. The monoisotopic (exact) mass is 429 g/mol. The van der Waals surface area contributed by atoms with Gasteiger partial charge in [0, 0.05) is 23.6 Å². The van der Waals surface area contributed by atoms with Crippen LogP contribution in [0.25, 0.3) is 0 Å². The van der Waals surface area contributed by atoms with E-state index in [1.807, 2.05) is 6.92 Å². The smallest absolute Gasteiger partial charge is 0.262 e. The molecule has 2 aliphatic heterocycles. The minimum absolute atomic E-state index is 0. The van der Waals surface area contributed by atoms with Crippen molar-refractivity contribution in [3.8, 4) is 0 Å². The third-order valence-electron chi connectivity index (χ3n) is 4.49. The molecule has 1 atom stereocenters. The van der Waals surface area contributed by atoms with Gasteiger partial charge in [-0.05, 0) is 37.6 Å². The van der Waals surface area contributed by atoms with E-state index in [1.54, 1.807) is 23.1 Å². The molecule has 1 aromatic carbocycles. The molecule has 1 N–H and O–H groups in total. The van der Waals surface area contributed by atoms with Gasteiger partial charge in [-0.3, -0.25) is 19.3 Å². The van der Waals surface area contributed by atoms with E-state index in [1.165, 1.54) is 0 Å². The number of rotatable bonds is 5. The van der Waals surface area contributed by atoms with Crippen molar-refractivity contribution in [2.24, 2.45) is 0 Å². The van der Waals surface area contributed by atoms with Gasteiger partial charge < -0.3 is 10.2 Å². The highest BCUT2D eigenvalue weighted by Crippen LogP contribution is 2.26. The third-order valence-corrected chi connectivity index (χ3v) is 4.98. The summed E-state index contributed by atoms with van der Waals surface area (Å²) in [5.41, 5.74) is 0.715. The van der Waals surface area contributed by atoms with Gasteiger partial charge in [0.15, 0.2) is 0 Å². The lowest BCUT2D eigenvalue weighted by Crippen LogP contribution is -2.48. The van der Waals surface area contributed by atoms with E-state index in [0.29, 0.717) is 17.7 Å². The van der Waals surface area contributed by atoms with E-state index >= 15 is 0 Å². The van der Waals surface area contributed by atoms with Crippen LogP contribution in [-0.2, 0) is 4.79 Å². The molecule has 25 heavy (non-hydrogen) atoms. The Labute approximate surface area is 161 Å². The predicted molar refractivity (Wildman–Crippen MR) is 100 cm³/mol. The van der Waals surface area contributed by atoms with Crippen LogP contribution in [0.5, 0.6) is 0 Å².